The van der Waals surface area contributed by atoms with Crippen LogP contribution in [0.25, 0.3) is 0 Å². The zero-order valence-electron chi connectivity index (χ0n) is 9.02. The molecule has 1 aromatic rings. The zero-order valence-corrected chi connectivity index (χ0v) is 9.91. The van der Waals surface area contributed by atoms with Gasteiger partial charge in [-0.15, -0.1) is 0 Å². The van der Waals surface area contributed by atoms with Gasteiger partial charge in [0.25, 0.3) is 0 Å². The molecular formula is C11H10F3NO2S. The third-order valence-corrected chi connectivity index (χ3v) is 2.74. The lowest BCUT2D eigenvalue weighted by molar-refractivity contribution is -0.137. The topological polar surface area (TPSA) is 64.2 Å². The van der Waals surface area contributed by atoms with Crippen molar-refractivity contribution < 1.29 is 23.4 Å². The van der Waals surface area contributed by atoms with E-state index in [2.05, 4.69) is 12.6 Å². The van der Waals surface area contributed by atoms with Gasteiger partial charge in [-0.05, 0) is 18.2 Å². The maximum Gasteiger partial charge on any atom is 0.416 e. The molecule has 2 unspecified atom stereocenters. The molecule has 0 saturated carbocycles. The standard InChI is InChI=1S/C11H10F3NO2S/c12-11(13,14)7-2-1-6(4-15)8(3-7)10(17)9(16)5-18/h1-3,9-10,16-18H,5H2. The van der Waals surface area contributed by atoms with Crippen molar-refractivity contribution >= 4 is 12.6 Å². The first-order valence-electron chi connectivity index (χ1n) is 4.89. The number of hydrogen-bond acceptors (Lipinski definition) is 4. The minimum Gasteiger partial charge on any atom is -0.389 e. The van der Waals surface area contributed by atoms with Gasteiger partial charge in [-0.3, -0.25) is 0 Å². The number of nitrogens with zero attached hydrogens (tertiary/aromatic N) is 1. The van der Waals surface area contributed by atoms with Crippen molar-refractivity contribution in [1.82, 2.24) is 0 Å². The number of benzene rings is 1. The van der Waals surface area contributed by atoms with Crippen molar-refractivity contribution in [2.45, 2.75) is 18.4 Å². The van der Waals surface area contributed by atoms with Crippen LogP contribution in [0.3, 0.4) is 0 Å². The first-order chi connectivity index (χ1) is 8.31. The maximum atomic E-state index is 12.5. The quantitative estimate of drug-likeness (QED) is 0.739. The summed E-state index contributed by atoms with van der Waals surface area (Å²) in [5, 5.41) is 27.8. The predicted octanol–water partition coefficient (Wildman–Crippen LogP) is 1.90. The second-order valence-corrected chi connectivity index (χ2v) is 3.97. The first kappa shape index (κ1) is 14.8. The summed E-state index contributed by atoms with van der Waals surface area (Å²) in [5.41, 5.74) is -1.35. The molecule has 0 aliphatic carbocycles. The van der Waals surface area contributed by atoms with Gasteiger partial charge < -0.3 is 10.2 Å². The highest BCUT2D eigenvalue weighted by molar-refractivity contribution is 7.80. The lowest BCUT2D eigenvalue weighted by Crippen LogP contribution is -2.21. The fourth-order valence-corrected chi connectivity index (χ4v) is 1.59. The Morgan fingerprint density at radius 2 is 1.94 bits per heavy atom. The Balaban J connectivity index is 3.28. The van der Waals surface area contributed by atoms with E-state index in [1.54, 1.807) is 6.07 Å². The molecule has 0 amide bonds. The third-order valence-electron chi connectivity index (χ3n) is 2.37. The van der Waals surface area contributed by atoms with Crippen molar-refractivity contribution in [1.29, 1.82) is 5.26 Å². The minimum atomic E-state index is -4.58. The van der Waals surface area contributed by atoms with E-state index in [0.717, 1.165) is 12.1 Å². The van der Waals surface area contributed by atoms with Gasteiger partial charge >= 0.3 is 6.18 Å². The number of nitriles is 1. The Labute approximate surface area is 107 Å². The highest BCUT2D eigenvalue weighted by atomic mass is 32.1. The monoisotopic (exact) mass is 277 g/mol. The molecular weight excluding hydrogens is 267 g/mol. The van der Waals surface area contributed by atoms with Gasteiger partial charge in [0.15, 0.2) is 0 Å². The van der Waals surface area contributed by atoms with Crippen molar-refractivity contribution in [3.8, 4) is 6.07 Å². The second-order valence-electron chi connectivity index (χ2n) is 3.61. The summed E-state index contributed by atoms with van der Waals surface area (Å²) in [4.78, 5) is 0. The summed E-state index contributed by atoms with van der Waals surface area (Å²) in [6.07, 6.45) is -7.50. The summed E-state index contributed by atoms with van der Waals surface area (Å²) < 4.78 is 37.5. The summed E-state index contributed by atoms with van der Waals surface area (Å²) >= 11 is 3.74. The third kappa shape index (κ3) is 3.16. The largest absolute Gasteiger partial charge is 0.416 e. The van der Waals surface area contributed by atoms with E-state index in [1.807, 2.05) is 0 Å². The van der Waals surface area contributed by atoms with E-state index in [4.69, 9.17) is 5.26 Å². The van der Waals surface area contributed by atoms with Crippen LogP contribution < -0.4 is 0 Å². The van der Waals surface area contributed by atoms with Gasteiger partial charge in [0, 0.05) is 11.3 Å². The summed E-state index contributed by atoms with van der Waals surface area (Å²) in [6.45, 7) is 0. The average molecular weight is 277 g/mol. The molecule has 0 aliphatic heterocycles. The molecule has 7 heteroatoms. The van der Waals surface area contributed by atoms with Crippen molar-refractivity contribution in [3.05, 3.63) is 34.9 Å². The molecule has 0 heterocycles. The lowest BCUT2D eigenvalue weighted by atomic mass is 9.97. The van der Waals surface area contributed by atoms with Crippen LogP contribution in [-0.2, 0) is 6.18 Å². The van der Waals surface area contributed by atoms with Crippen LogP contribution >= 0.6 is 12.6 Å². The highest BCUT2D eigenvalue weighted by Crippen LogP contribution is 2.32. The molecule has 1 rings (SSSR count). The van der Waals surface area contributed by atoms with E-state index >= 15 is 0 Å². The van der Waals surface area contributed by atoms with Gasteiger partial charge in [0.05, 0.1) is 23.3 Å². The van der Waals surface area contributed by atoms with E-state index < -0.39 is 23.9 Å². The molecule has 18 heavy (non-hydrogen) atoms. The van der Waals surface area contributed by atoms with E-state index in [0.29, 0.717) is 6.07 Å². The SMILES string of the molecule is N#Cc1ccc(C(F)(F)F)cc1C(O)C(O)CS. The Bertz CT molecular complexity index is 470. The lowest BCUT2D eigenvalue weighted by Gasteiger charge is -2.18. The fraction of sp³-hybridized carbons (Fsp3) is 0.364. The smallest absolute Gasteiger partial charge is 0.389 e. The molecule has 0 aromatic heterocycles. The highest BCUT2D eigenvalue weighted by Gasteiger charge is 2.32. The Morgan fingerprint density at radius 1 is 1.33 bits per heavy atom. The number of halogens is 3. The molecule has 0 radical (unpaired) electrons. The van der Waals surface area contributed by atoms with Crippen LogP contribution in [0.1, 0.15) is 22.8 Å². The van der Waals surface area contributed by atoms with Crippen molar-refractivity contribution in [2.24, 2.45) is 0 Å². The van der Waals surface area contributed by atoms with Crippen LogP contribution in [0, 0.1) is 11.3 Å². The van der Waals surface area contributed by atoms with Crippen LogP contribution in [0.2, 0.25) is 0 Å². The van der Waals surface area contributed by atoms with Crippen LogP contribution in [-0.4, -0.2) is 22.1 Å². The molecule has 2 atom stereocenters. The number of aliphatic hydroxyl groups excluding tert-OH is 2. The van der Waals surface area contributed by atoms with E-state index in [-0.39, 0.29) is 16.9 Å². The molecule has 1 aromatic carbocycles. The van der Waals surface area contributed by atoms with Gasteiger partial charge in [0.1, 0.15) is 6.10 Å². The maximum absolute atomic E-state index is 12.5. The summed E-state index contributed by atoms with van der Waals surface area (Å²) in [6, 6.07) is 4.05. The second kappa shape index (κ2) is 5.61. The predicted molar refractivity (Wildman–Crippen MR) is 61.0 cm³/mol. The normalized spacial score (nSPS) is 14.9. The molecule has 0 aliphatic rings. The average Bonchev–Trinajstić information content (AvgIpc) is 2.35. The number of rotatable bonds is 3. The van der Waals surface area contributed by atoms with E-state index in [9.17, 15) is 23.4 Å². The van der Waals surface area contributed by atoms with Crippen molar-refractivity contribution in [2.75, 3.05) is 5.75 Å². The molecule has 98 valence electrons. The summed E-state index contributed by atoms with van der Waals surface area (Å²) in [7, 11) is 0. The molecule has 2 N–H and O–H groups in total. The molecule has 0 fully saturated rings. The van der Waals surface area contributed by atoms with Gasteiger partial charge in [-0.2, -0.15) is 31.1 Å². The molecule has 3 nitrogen and oxygen atoms in total. The van der Waals surface area contributed by atoms with Crippen LogP contribution in [0.4, 0.5) is 13.2 Å². The molecule has 0 spiro atoms. The zero-order chi connectivity index (χ0) is 13.9. The van der Waals surface area contributed by atoms with Crippen molar-refractivity contribution in [3.63, 3.8) is 0 Å². The Morgan fingerprint density at radius 3 is 2.39 bits per heavy atom. The van der Waals surface area contributed by atoms with Crippen LogP contribution in [0.15, 0.2) is 18.2 Å². The van der Waals surface area contributed by atoms with Crippen LogP contribution in [0.5, 0.6) is 0 Å². The van der Waals surface area contributed by atoms with Gasteiger partial charge in [-0.1, -0.05) is 0 Å². The number of hydrogen-bond donors (Lipinski definition) is 3. The number of thiol groups is 1. The number of alkyl halides is 3. The first-order valence-corrected chi connectivity index (χ1v) is 5.52. The van der Waals surface area contributed by atoms with E-state index in [1.165, 1.54) is 0 Å². The van der Waals surface area contributed by atoms with Gasteiger partial charge in [0.2, 0.25) is 0 Å². The number of aliphatic hydroxyl groups is 2. The summed E-state index contributed by atoms with van der Waals surface area (Å²) in [5.74, 6) is -0.137. The van der Waals surface area contributed by atoms with Gasteiger partial charge in [-0.25, -0.2) is 0 Å². The molecule has 0 bridgehead atoms. The fourth-order valence-electron chi connectivity index (χ4n) is 1.39. The Kier molecular flexibility index (Phi) is 4.62. The minimum absolute atomic E-state index is 0.115. The Hall–Kier alpha value is -1.23. The molecule has 0 saturated heterocycles.